The van der Waals surface area contributed by atoms with Crippen molar-refractivity contribution in [2.75, 3.05) is 4.90 Å². The smallest absolute Gasteiger partial charge is 0.443 e. The second kappa shape index (κ2) is 8.75. The van der Waals surface area contributed by atoms with Gasteiger partial charge in [-0.25, -0.2) is 4.79 Å². The van der Waals surface area contributed by atoms with Crippen LogP contribution in [-0.2, 0) is 20.6 Å². The fourth-order valence-corrected chi connectivity index (χ4v) is 4.07. The Kier molecular flexibility index (Phi) is 6.26. The molecule has 0 unspecified atom stereocenters. The predicted octanol–water partition coefficient (Wildman–Crippen LogP) is 6.08. The van der Waals surface area contributed by atoms with Crippen LogP contribution in [0, 0.1) is 0 Å². The molecule has 0 radical (unpaired) electrons. The van der Waals surface area contributed by atoms with Crippen molar-refractivity contribution >= 4 is 35.1 Å². The molecule has 1 saturated heterocycles. The maximum Gasteiger partial charge on any atom is 0.495 e. The summed E-state index contributed by atoms with van der Waals surface area (Å²) < 4.78 is 18.7. The molecule has 3 aromatic carbocycles. The SMILES string of the molecule is CC(C)(C)OC(=O)N(Cc1ccc2ccccc2c1B1OC(C)(C)C(C)(C)O1)c1ccccc1. The highest BCUT2D eigenvalue weighted by Gasteiger charge is 2.52. The summed E-state index contributed by atoms with van der Waals surface area (Å²) in [5.74, 6) is 0. The zero-order valence-corrected chi connectivity index (χ0v) is 21.2. The van der Waals surface area contributed by atoms with Gasteiger partial charge in [0, 0.05) is 5.69 Å². The number of benzene rings is 3. The summed E-state index contributed by atoms with van der Waals surface area (Å²) in [6.07, 6.45) is -0.397. The van der Waals surface area contributed by atoms with Gasteiger partial charge < -0.3 is 14.0 Å². The molecular formula is C28H34BNO4. The van der Waals surface area contributed by atoms with Crippen molar-refractivity contribution in [2.24, 2.45) is 0 Å². The van der Waals surface area contributed by atoms with E-state index in [2.05, 4.69) is 52.0 Å². The molecule has 1 fully saturated rings. The third-order valence-corrected chi connectivity index (χ3v) is 6.56. The molecule has 0 N–H and O–H groups in total. The van der Waals surface area contributed by atoms with Crippen LogP contribution in [-0.4, -0.2) is 30.0 Å². The van der Waals surface area contributed by atoms with Crippen LogP contribution in [0.2, 0.25) is 0 Å². The lowest BCUT2D eigenvalue weighted by atomic mass is 9.73. The van der Waals surface area contributed by atoms with Crippen LogP contribution in [0.1, 0.15) is 54.0 Å². The number of nitrogens with zero attached hydrogens (tertiary/aromatic N) is 1. The van der Waals surface area contributed by atoms with E-state index in [0.717, 1.165) is 27.5 Å². The van der Waals surface area contributed by atoms with E-state index >= 15 is 0 Å². The van der Waals surface area contributed by atoms with E-state index in [1.54, 1.807) is 4.90 Å². The third-order valence-electron chi connectivity index (χ3n) is 6.56. The first-order valence-corrected chi connectivity index (χ1v) is 11.8. The maximum absolute atomic E-state index is 13.3. The van der Waals surface area contributed by atoms with Crippen molar-refractivity contribution in [3.8, 4) is 0 Å². The number of carbonyl (C=O) groups excluding carboxylic acids is 1. The number of hydrogen-bond donors (Lipinski definition) is 0. The first kappa shape index (κ1) is 24.3. The Morgan fingerprint density at radius 3 is 2.09 bits per heavy atom. The van der Waals surface area contributed by atoms with E-state index in [1.165, 1.54) is 0 Å². The second-order valence-electron chi connectivity index (χ2n) is 10.8. The minimum atomic E-state index is -0.609. The van der Waals surface area contributed by atoms with Gasteiger partial charge in [-0.05, 0) is 82.4 Å². The molecule has 1 aliphatic heterocycles. The van der Waals surface area contributed by atoms with Crippen molar-refractivity contribution in [2.45, 2.75) is 71.8 Å². The number of carbonyl (C=O) groups is 1. The van der Waals surface area contributed by atoms with Crippen LogP contribution >= 0.6 is 0 Å². The van der Waals surface area contributed by atoms with Crippen molar-refractivity contribution in [3.63, 3.8) is 0 Å². The summed E-state index contributed by atoms with van der Waals surface area (Å²) in [6.45, 7) is 14.1. The van der Waals surface area contributed by atoms with Gasteiger partial charge in [-0.3, -0.25) is 4.90 Å². The third kappa shape index (κ3) is 4.84. The Morgan fingerprint density at radius 2 is 1.47 bits per heavy atom. The lowest BCUT2D eigenvalue weighted by Crippen LogP contribution is -2.41. The number of hydrogen-bond acceptors (Lipinski definition) is 4. The van der Waals surface area contributed by atoms with Gasteiger partial charge in [0.2, 0.25) is 0 Å². The van der Waals surface area contributed by atoms with Crippen LogP contribution in [0.5, 0.6) is 0 Å². The largest absolute Gasteiger partial charge is 0.495 e. The highest BCUT2D eigenvalue weighted by atomic mass is 16.7. The van der Waals surface area contributed by atoms with E-state index in [0.29, 0.717) is 6.54 Å². The fraction of sp³-hybridized carbons (Fsp3) is 0.393. The average molecular weight is 459 g/mol. The molecule has 0 atom stereocenters. The van der Waals surface area contributed by atoms with E-state index in [-0.39, 0.29) is 0 Å². The molecule has 1 amide bonds. The monoisotopic (exact) mass is 459 g/mol. The fourth-order valence-electron chi connectivity index (χ4n) is 4.07. The van der Waals surface area contributed by atoms with Crippen molar-refractivity contribution < 1.29 is 18.8 Å². The van der Waals surface area contributed by atoms with Crippen molar-refractivity contribution in [3.05, 3.63) is 72.3 Å². The highest BCUT2D eigenvalue weighted by molar-refractivity contribution is 6.65. The van der Waals surface area contributed by atoms with Crippen molar-refractivity contribution in [1.29, 1.82) is 0 Å². The summed E-state index contributed by atoms with van der Waals surface area (Å²) in [7, 11) is -0.553. The number of amides is 1. The lowest BCUT2D eigenvalue weighted by Gasteiger charge is -2.32. The van der Waals surface area contributed by atoms with Gasteiger partial charge >= 0.3 is 13.2 Å². The maximum atomic E-state index is 13.3. The Balaban J connectivity index is 1.81. The molecule has 34 heavy (non-hydrogen) atoms. The molecule has 1 heterocycles. The molecule has 178 valence electrons. The van der Waals surface area contributed by atoms with Crippen LogP contribution in [0.25, 0.3) is 10.8 Å². The molecular weight excluding hydrogens is 425 g/mol. The second-order valence-corrected chi connectivity index (χ2v) is 10.8. The summed E-state index contributed by atoms with van der Waals surface area (Å²) >= 11 is 0. The van der Waals surface area contributed by atoms with Crippen LogP contribution < -0.4 is 10.4 Å². The molecule has 6 heteroatoms. The van der Waals surface area contributed by atoms with Gasteiger partial charge in [0.25, 0.3) is 0 Å². The highest BCUT2D eigenvalue weighted by Crippen LogP contribution is 2.37. The Bertz CT molecular complexity index is 1170. The lowest BCUT2D eigenvalue weighted by molar-refractivity contribution is 0.00578. The number of anilines is 1. The standard InChI is InChI=1S/C28H34BNO4/c1-26(2,3)32-25(31)30(22-14-9-8-10-15-22)19-21-18-17-20-13-11-12-16-23(20)24(21)29-33-27(4,5)28(6,7)34-29/h8-18H,19H2,1-7H3. The Labute approximate surface area is 203 Å². The van der Waals surface area contributed by atoms with Gasteiger partial charge in [0.1, 0.15) is 5.60 Å². The van der Waals surface area contributed by atoms with Gasteiger partial charge in [-0.1, -0.05) is 54.6 Å². The van der Waals surface area contributed by atoms with E-state index < -0.39 is 30.0 Å². The zero-order chi connectivity index (χ0) is 24.7. The molecule has 4 rings (SSSR count). The van der Waals surface area contributed by atoms with Gasteiger partial charge in [-0.15, -0.1) is 0 Å². The summed E-state index contributed by atoms with van der Waals surface area (Å²) in [5.41, 5.74) is 1.10. The molecule has 0 saturated carbocycles. The number of ether oxygens (including phenoxy) is 1. The van der Waals surface area contributed by atoms with Gasteiger partial charge in [0.15, 0.2) is 0 Å². The normalized spacial score (nSPS) is 17.1. The molecule has 0 aliphatic carbocycles. The molecule has 0 bridgehead atoms. The van der Waals surface area contributed by atoms with E-state index in [4.69, 9.17) is 14.0 Å². The molecule has 0 aromatic heterocycles. The zero-order valence-electron chi connectivity index (χ0n) is 21.2. The number of rotatable bonds is 4. The molecule has 5 nitrogen and oxygen atoms in total. The first-order valence-electron chi connectivity index (χ1n) is 11.8. The van der Waals surface area contributed by atoms with Crippen LogP contribution in [0.15, 0.2) is 66.7 Å². The van der Waals surface area contributed by atoms with Crippen LogP contribution in [0.3, 0.4) is 0 Å². The predicted molar refractivity (Wildman–Crippen MR) is 139 cm³/mol. The van der Waals surface area contributed by atoms with E-state index in [9.17, 15) is 4.79 Å². The quantitative estimate of drug-likeness (QED) is 0.444. The number of para-hydroxylation sites is 1. The summed E-state index contributed by atoms with van der Waals surface area (Å²) in [4.78, 5) is 15.0. The first-order chi connectivity index (χ1) is 15.9. The van der Waals surface area contributed by atoms with Crippen molar-refractivity contribution in [1.82, 2.24) is 0 Å². The van der Waals surface area contributed by atoms with Crippen LogP contribution in [0.4, 0.5) is 10.5 Å². The summed E-state index contributed by atoms with van der Waals surface area (Å²) in [5, 5.41) is 2.15. The Hall–Kier alpha value is -2.83. The molecule has 1 aliphatic rings. The van der Waals surface area contributed by atoms with E-state index in [1.807, 2.05) is 63.2 Å². The molecule has 3 aromatic rings. The van der Waals surface area contributed by atoms with Gasteiger partial charge in [-0.2, -0.15) is 0 Å². The minimum absolute atomic E-state index is 0.323. The Morgan fingerprint density at radius 1 is 0.882 bits per heavy atom. The van der Waals surface area contributed by atoms with Gasteiger partial charge in [0.05, 0.1) is 17.7 Å². The average Bonchev–Trinajstić information content (AvgIpc) is 2.97. The summed E-state index contributed by atoms with van der Waals surface area (Å²) in [6, 6.07) is 21.9. The minimum Gasteiger partial charge on any atom is -0.443 e. The number of fused-ring (bicyclic) bond motifs is 1. The topological polar surface area (TPSA) is 48.0 Å². The molecule has 0 spiro atoms.